The number of nitrogens with one attached hydrogen (secondary N) is 2. The minimum Gasteiger partial charge on any atom is -0.490 e. The minimum atomic E-state index is -0.327. The Hall–Kier alpha value is -1.82. The van der Waals surface area contributed by atoms with E-state index in [-0.39, 0.29) is 6.09 Å². The number of alkyl carbamates (subject to hydrolysis) is 1. The summed E-state index contributed by atoms with van der Waals surface area (Å²) in [7, 11) is 0. The molecule has 1 amide bonds. The zero-order valence-electron chi connectivity index (χ0n) is 13.6. The van der Waals surface area contributed by atoms with E-state index in [0.717, 1.165) is 25.1 Å². The first-order valence-corrected chi connectivity index (χ1v) is 8.48. The third-order valence-electron chi connectivity index (χ3n) is 4.52. The highest BCUT2D eigenvalue weighted by atomic mass is 16.5. The molecule has 0 aromatic carbocycles. The number of carbonyl (C=O) groups excluding carboxylic acids is 1. The maximum Gasteiger partial charge on any atom is 0.407 e. The van der Waals surface area contributed by atoms with Gasteiger partial charge in [-0.15, -0.1) is 0 Å². The van der Waals surface area contributed by atoms with Gasteiger partial charge in [0.2, 0.25) is 0 Å². The van der Waals surface area contributed by atoms with Crippen molar-refractivity contribution in [1.29, 1.82) is 0 Å². The lowest BCUT2D eigenvalue weighted by atomic mass is 10.1. The molecule has 1 aromatic rings. The van der Waals surface area contributed by atoms with Crippen LogP contribution in [0.5, 0.6) is 5.75 Å². The Bertz CT molecular complexity index is 534. The monoisotopic (exact) mass is 319 g/mol. The predicted molar refractivity (Wildman–Crippen MR) is 86.6 cm³/mol. The number of amides is 1. The number of aromatic nitrogens is 1. The van der Waals surface area contributed by atoms with E-state index >= 15 is 0 Å². The molecule has 0 bridgehead atoms. The fraction of sp³-hybridized carbons (Fsp3) is 0.647. The van der Waals surface area contributed by atoms with Gasteiger partial charge in [0.05, 0.1) is 12.8 Å². The zero-order valence-corrected chi connectivity index (χ0v) is 13.6. The number of nitrogens with zero attached hydrogens (tertiary/aromatic N) is 1. The van der Waals surface area contributed by atoms with Crippen molar-refractivity contribution in [2.24, 2.45) is 5.92 Å². The number of hydrogen-bond acceptors (Lipinski definition) is 5. The number of carbonyl (C=O) groups is 1. The van der Waals surface area contributed by atoms with Gasteiger partial charge < -0.3 is 20.1 Å². The van der Waals surface area contributed by atoms with Gasteiger partial charge in [-0.1, -0.05) is 0 Å². The van der Waals surface area contributed by atoms with E-state index in [1.54, 1.807) is 13.1 Å². The van der Waals surface area contributed by atoms with Crippen molar-refractivity contribution in [1.82, 2.24) is 15.6 Å². The molecule has 1 aliphatic heterocycles. The van der Waals surface area contributed by atoms with E-state index in [1.165, 1.54) is 12.0 Å². The van der Waals surface area contributed by atoms with Gasteiger partial charge in [0, 0.05) is 18.8 Å². The molecular weight excluding hydrogens is 294 g/mol. The lowest BCUT2D eigenvalue weighted by Crippen LogP contribution is -2.46. The van der Waals surface area contributed by atoms with E-state index in [0.29, 0.717) is 37.6 Å². The van der Waals surface area contributed by atoms with E-state index < -0.39 is 0 Å². The zero-order chi connectivity index (χ0) is 16.1. The Morgan fingerprint density at radius 1 is 1.48 bits per heavy atom. The van der Waals surface area contributed by atoms with Gasteiger partial charge in [-0.3, -0.25) is 4.98 Å². The molecule has 0 spiro atoms. The fourth-order valence-electron chi connectivity index (χ4n) is 2.92. The van der Waals surface area contributed by atoms with E-state index in [1.807, 2.05) is 6.20 Å². The van der Waals surface area contributed by atoms with Crippen molar-refractivity contribution in [3.63, 3.8) is 0 Å². The number of ether oxygens (including phenoxy) is 2. The summed E-state index contributed by atoms with van der Waals surface area (Å²) < 4.78 is 10.7. The van der Waals surface area contributed by atoms with Gasteiger partial charge in [-0.05, 0) is 56.2 Å². The molecule has 3 rings (SSSR count). The maximum absolute atomic E-state index is 11.2. The largest absolute Gasteiger partial charge is 0.490 e. The highest BCUT2D eigenvalue weighted by molar-refractivity contribution is 5.66. The minimum absolute atomic E-state index is 0.327. The van der Waals surface area contributed by atoms with Crippen LogP contribution < -0.4 is 15.4 Å². The Kier molecular flexibility index (Phi) is 5.33. The first kappa shape index (κ1) is 16.1. The lowest BCUT2D eigenvalue weighted by Gasteiger charge is -2.27. The van der Waals surface area contributed by atoms with Crippen LogP contribution in [0.15, 0.2) is 18.5 Å². The van der Waals surface area contributed by atoms with Crippen LogP contribution in [0.4, 0.5) is 4.79 Å². The second-order valence-electron chi connectivity index (χ2n) is 6.24. The first-order valence-electron chi connectivity index (χ1n) is 8.48. The average Bonchev–Trinajstić information content (AvgIpc) is 3.26. The van der Waals surface area contributed by atoms with Crippen molar-refractivity contribution in [3.05, 3.63) is 24.0 Å². The van der Waals surface area contributed by atoms with Crippen LogP contribution in [0, 0.1) is 5.92 Å². The third kappa shape index (κ3) is 4.58. The standard InChI is InChI=1S/C17H25N3O3/c1-2-22-17(21)20-5-3-12-8-16(12)13-7-15(10-18-9-13)23-11-14-4-6-19-14/h7,9-10,12,14,16,19H,2-6,8,11H2,1H3,(H,20,21)/t12-,14-,16-/m0/s1. The van der Waals surface area contributed by atoms with E-state index in [4.69, 9.17) is 9.47 Å². The second-order valence-corrected chi connectivity index (χ2v) is 6.24. The maximum atomic E-state index is 11.2. The Morgan fingerprint density at radius 3 is 3.09 bits per heavy atom. The molecule has 2 fully saturated rings. The van der Waals surface area contributed by atoms with E-state index in [2.05, 4.69) is 21.7 Å². The molecule has 2 aliphatic rings. The molecule has 1 aliphatic carbocycles. The molecule has 0 unspecified atom stereocenters. The molecule has 1 saturated heterocycles. The molecule has 3 atom stereocenters. The second kappa shape index (κ2) is 7.64. The smallest absolute Gasteiger partial charge is 0.407 e. The molecule has 2 N–H and O–H groups in total. The van der Waals surface area contributed by atoms with Gasteiger partial charge in [-0.25, -0.2) is 4.79 Å². The van der Waals surface area contributed by atoms with Crippen molar-refractivity contribution in [2.45, 2.75) is 38.1 Å². The molecule has 0 radical (unpaired) electrons. The summed E-state index contributed by atoms with van der Waals surface area (Å²) in [5, 5.41) is 6.10. The molecular formula is C17H25N3O3. The van der Waals surface area contributed by atoms with Crippen LogP contribution in [0.3, 0.4) is 0 Å². The third-order valence-corrected chi connectivity index (χ3v) is 4.52. The Labute approximate surface area is 137 Å². The number of hydrogen-bond donors (Lipinski definition) is 2. The molecule has 1 aromatic heterocycles. The van der Waals surface area contributed by atoms with Gasteiger partial charge >= 0.3 is 6.09 Å². The first-order chi connectivity index (χ1) is 11.3. The average molecular weight is 319 g/mol. The summed E-state index contributed by atoms with van der Waals surface area (Å²) in [6.45, 7) is 4.68. The van der Waals surface area contributed by atoms with Crippen LogP contribution in [0.25, 0.3) is 0 Å². The summed E-state index contributed by atoms with van der Waals surface area (Å²) in [5.74, 6) is 2.01. The van der Waals surface area contributed by atoms with Gasteiger partial charge in [-0.2, -0.15) is 0 Å². The summed E-state index contributed by atoms with van der Waals surface area (Å²) in [5.41, 5.74) is 1.24. The summed E-state index contributed by atoms with van der Waals surface area (Å²) in [6, 6.07) is 2.59. The van der Waals surface area contributed by atoms with Crippen molar-refractivity contribution < 1.29 is 14.3 Å². The van der Waals surface area contributed by atoms with Gasteiger partial charge in [0.1, 0.15) is 12.4 Å². The van der Waals surface area contributed by atoms with Crippen LogP contribution in [-0.2, 0) is 4.74 Å². The fourth-order valence-corrected chi connectivity index (χ4v) is 2.92. The number of pyridine rings is 1. The van der Waals surface area contributed by atoms with Crippen LogP contribution in [0.1, 0.15) is 37.7 Å². The van der Waals surface area contributed by atoms with Crippen LogP contribution in [0.2, 0.25) is 0 Å². The molecule has 1 saturated carbocycles. The van der Waals surface area contributed by atoms with Crippen molar-refractivity contribution >= 4 is 6.09 Å². The summed E-state index contributed by atoms with van der Waals surface area (Å²) in [6.07, 6.45) is 6.69. The van der Waals surface area contributed by atoms with E-state index in [9.17, 15) is 4.79 Å². The molecule has 2 heterocycles. The Balaban J connectivity index is 1.40. The predicted octanol–water partition coefficient (Wildman–Crippen LogP) is 2.06. The van der Waals surface area contributed by atoms with Gasteiger partial charge in [0.25, 0.3) is 0 Å². The molecule has 6 nitrogen and oxygen atoms in total. The van der Waals surface area contributed by atoms with Crippen LogP contribution in [-0.4, -0.2) is 43.4 Å². The summed E-state index contributed by atoms with van der Waals surface area (Å²) >= 11 is 0. The molecule has 126 valence electrons. The highest BCUT2D eigenvalue weighted by Crippen LogP contribution is 2.49. The van der Waals surface area contributed by atoms with Gasteiger partial charge in [0.15, 0.2) is 0 Å². The van der Waals surface area contributed by atoms with Crippen LogP contribution >= 0.6 is 0 Å². The topological polar surface area (TPSA) is 72.5 Å². The summed E-state index contributed by atoms with van der Waals surface area (Å²) in [4.78, 5) is 15.5. The van der Waals surface area contributed by atoms with Crippen molar-refractivity contribution in [2.75, 3.05) is 26.3 Å². The molecule has 23 heavy (non-hydrogen) atoms. The number of rotatable bonds is 8. The Morgan fingerprint density at radius 2 is 2.35 bits per heavy atom. The van der Waals surface area contributed by atoms with Crippen molar-refractivity contribution in [3.8, 4) is 5.75 Å². The normalized spacial score (nSPS) is 25.3. The quantitative estimate of drug-likeness (QED) is 0.767. The SMILES string of the molecule is CCOC(=O)NCC[C@H]1C[C@@H]1c1cncc(OC[C@@H]2CCN2)c1. The highest BCUT2D eigenvalue weighted by Gasteiger charge is 2.38. The molecule has 6 heteroatoms. The lowest BCUT2D eigenvalue weighted by molar-refractivity contribution is 0.152.